The van der Waals surface area contributed by atoms with Crippen molar-refractivity contribution in [2.75, 3.05) is 18.6 Å². The number of rotatable bonds is 7. The number of anilines is 1. The van der Waals surface area contributed by atoms with Gasteiger partial charge < -0.3 is 4.74 Å². The van der Waals surface area contributed by atoms with Crippen molar-refractivity contribution in [1.82, 2.24) is 19.8 Å². The highest BCUT2D eigenvalue weighted by molar-refractivity contribution is 5.94. The van der Waals surface area contributed by atoms with Crippen LogP contribution in [0, 0.1) is 18.6 Å². The Kier molecular flexibility index (Phi) is 7.00. The lowest BCUT2D eigenvalue weighted by Gasteiger charge is -2.24. The fraction of sp³-hybridized carbons (Fsp3) is 0.200. The first-order valence-corrected chi connectivity index (χ1v) is 10.9. The highest BCUT2D eigenvalue weighted by atomic mass is 19.1. The standard InChI is InChI=1S/C25H23F2N5O3/c1-17-13-14-22(35-2)21(16-17)30(15-7-10-18-8-4-3-5-9-18)24(33)32-25(34)31(28-29-32)23-19(26)11-6-12-20(23)27/h3-6,8-9,11-14,16H,7,10,15H2,1-2H3. The van der Waals surface area contributed by atoms with Crippen LogP contribution in [0.3, 0.4) is 0 Å². The van der Waals surface area contributed by atoms with Crippen molar-refractivity contribution in [3.05, 3.63) is 100.0 Å². The molecule has 180 valence electrons. The van der Waals surface area contributed by atoms with E-state index in [1.807, 2.05) is 43.3 Å². The summed E-state index contributed by atoms with van der Waals surface area (Å²) in [6.45, 7) is 2.08. The molecule has 1 aromatic heterocycles. The van der Waals surface area contributed by atoms with Crippen LogP contribution in [0.5, 0.6) is 5.75 Å². The Bertz CT molecular complexity index is 1380. The SMILES string of the molecule is COc1ccc(C)cc1N(CCCc1ccccc1)C(=O)n1nnn(-c2c(F)cccc2F)c1=O. The molecular formula is C25H23F2N5O3. The molecule has 0 saturated heterocycles. The molecule has 0 radical (unpaired) electrons. The van der Waals surface area contributed by atoms with Crippen LogP contribution in [0.25, 0.3) is 5.69 Å². The van der Waals surface area contributed by atoms with Gasteiger partial charge in [0, 0.05) is 6.54 Å². The zero-order chi connectivity index (χ0) is 24.9. The molecule has 0 fully saturated rings. The molecule has 35 heavy (non-hydrogen) atoms. The van der Waals surface area contributed by atoms with Crippen LogP contribution in [0.4, 0.5) is 19.3 Å². The molecular weight excluding hydrogens is 456 g/mol. The number of halogens is 2. The maximum absolute atomic E-state index is 14.2. The number of carbonyl (C=O) groups excluding carboxylic acids is 1. The predicted molar refractivity (Wildman–Crippen MR) is 126 cm³/mol. The molecule has 0 spiro atoms. The number of carbonyl (C=O) groups is 1. The Hall–Kier alpha value is -4.34. The Morgan fingerprint density at radius 1 is 1.00 bits per heavy atom. The largest absolute Gasteiger partial charge is 0.495 e. The Balaban J connectivity index is 1.71. The average Bonchev–Trinajstić information content (AvgIpc) is 3.23. The topological polar surface area (TPSA) is 82.2 Å². The van der Waals surface area contributed by atoms with Gasteiger partial charge in [-0.1, -0.05) is 42.5 Å². The van der Waals surface area contributed by atoms with E-state index in [9.17, 15) is 18.4 Å². The summed E-state index contributed by atoms with van der Waals surface area (Å²) in [6.07, 6.45) is 1.25. The van der Waals surface area contributed by atoms with Crippen molar-refractivity contribution in [3.8, 4) is 11.4 Å². The van der Waals surface area contributed by atoms with Gasteiger partial charge >= 0.3 is 11.7 Å². The highest BCUT2D eigenvalue weighted by Gasteiger charge is 2.26. The number of aromatic nitrogens is 4. The highest BCUT2D eigenvalue weighted by Crippen LogP contribution is 2.30. The van der Waals surface area contributed by atoms with Crippen LogP contribution in [-0.4, -0.2) is 39.5 Å². The maximum atomic E-state index is 14.2. The molecule has 0 unspecified atom stereocenters. The van der Waals surface area contributed by atoms with Crippen LogP contribution in [0.2, 0.25) is 0 Å². The van der Waals surface area contributed by atoms with Gasteiger partial charge in [0.25, 0.3) is 0 Å². The number of benzene rings is 3. The summed E-state index contributed by atoms with van der Waals surface area (Å²) in [7, 11) is 1.48. The van der Waals surface area contributed by atoms with Gasteiger partial charge in [-0.05, 0) is 65.6 Å². The van der Waals surface area contributed by atoms with E-state index in [2.05, 4.69) is 10.4 Å². The van der Waals surface area contributed by atoms with Crippen LogP contribution < -0.4 is 15.3 Å². The van der Waals surface area contributed by atoms with E-state index in [1.165, 1.54) is 12.0 Å². The molecule has 8 nitrogen and oxygen atoms in total. The van der Waals surface area contributed by atoms with Gasteiger partial charge in [0.05, 0.1) is 12.8 Å². The molecule has 0 aliphatic heterocycles. The first-order chi connectivity index (χ1) is 16.9. The lowest BCUT2D eigenvalue weighted by atomic mass is 10.1. The summed E-state index contributed by atoms with van der Waals surface area (Å²) in [5.41, 5.74) is 0.586. The molecule has 1 amide bonds. The van der Waals surface area contributed by atoms with Gasteiger partial charge in [-0.3, -0.25) is 4.90 Å². The van der Waals surface area contributed by atoms with Crippen LogP contribution >= 0.6 is 0 Å². The van der Waals surface area contributed by atoms with Crippen molar-refractivity contribution >= 4 is 11.7 Å². The van der Waals surface area contributed by atoms with Crippen molar-refractivity contribution < 1.29 is 18.3 Å². The third kappa shape index (κ3) is 4.96. The number of nitrogens with zero attached hydrogens (tertiary/aromatic N) is 5. The molecule has 1 heterocycles. The predicted octanol–water partition coefficient (Wildman–Crippen LogP) is 4.13. The minimum absolute atomic E-state index is 0.223. The normalized spacial score (nSPS) is 10.9. The zero-order valence-electron chi connectivity index (χ0n) is 19.2. The second kappa shape index (κ2) is 10.3. The fourth-order valence-electron chi connectivity index (χ4n) is 3.73. The average molecular weight is 479 g/mol. The first-order valence-electron chi connectivity index (χ1n) is 10.9. The van der Waals surface area contributed by atoms with Crippen molar-refractivity contribution in [2.45, 2.75) is 19.8 Å². The Morgan fingerprint density at radius 3 is 2.40 bits per heavy atom. The fourth-order valence-corrected chi connectivity index (χ4v) is 3.73. The summed E-state index contributed by atoms with van der Waals surface area (Å²) < 4.78 is 34.8. The summed E-state index contributed by atoms with van der Waals surface area (Å²) in [5, 5.41) is 7.17. The number of amides is 1. The van der Waals surface area contributed by atoms with E-state index >= 15 is 0 Å². The quantitative estimate of drug-likeness (QED) is 0.372. The van der Waals surface area contributed by atoms with E-state index in [0.717, 1.165) is 29.3 Å². The van der Waals surface area contributed by atoms with E-state index in [0.29, 0.717) is 33.6 Å². The summed E-state index contributed by atoms with van der Waals surface area (Å²) >= 11 is 0. The van der Waals surface area contributed by atoms with Crippen molar-refractivity contribution in [1.29, 1.82) is 0 Å². The molecule has 10 heteroatoms. The van der Waals surface area contributed by atoms with Gasteiger partial charge in [0.1, 0.15) is 11.4 Å². The van der Waals surface area contributed by atoms with E-state index in [4.69, 9.17) is 4.74 Å². The van der Waals surface area contributed by atoms with Crippen LogP contribution in [0.15, 0.2) is 71.5 Å². The first kappa shape index (κ1) is 23.8. The lowest BCUT2D eigenvalue weighted by molar-refractivity contribution is 0.243. The number of methoxy groups -OCH3 is 1. The molecule has 0 aliphatic carbocycles. The van der Waals surface area contributed by atoms with Gasteiger partial charge in [-0.15, -0.1) is 4.68 Å². The second-order valence-electron chi connectivity index (χ2n) is 7.85. The summed E-state index contributed by atoms with van der Waals surface area (Å²) in [6, 6.07) is 17.4. The molecule has 0 atom stereocenters. The Morgan fingerprint density at radius 2 is 1.71 bits per heavy atom. The van der Waals surface area contributed by atoms with E-state index < -0.39 is 29.0 Å². The van der Waals surface area contributed by atoms with E-state index in [-0.39, 0.29) is 6.54 Å². The smallest absolute Gasteiger partial charge is 0.377 e. The molecule has 0 saturated carbocycles. The minimum atomic E-state index is -1.10. The minimum Gasteiger partial charge on any atom is -0.495 e. The van der Waals surface area contributed by atoms with Crippen LogP contribution in [-0.2, 0) is 6.42 Å². The van der Waals surface area contributed by atoms with Crippen molar-refractivity contribution in [3.63, 3.8) is 0 Å². The van der Waals surface area contributed by atoms with Gasteiger partial charge in [0.15, 0.2) is 11.6 Å². The number of hydrogen-bond acceptors (Lipinski definition) is 5. The number of tetrazole rings is 1. The third-order valence-electron chi connectivity index (χ3n) is 5.46. The van der Waals surface area contributed by atoms with Gasteiger partial charge in [0.2, 0.25) is 0 Å². The number of hydrogen-bond donors (Lipinski definition) is 0. The third-order valence-corrected chi connectivity index (χ3v) is 5.46. The Labute approximate surface area is 200 Å². The maximum Gasteiger partial charge on any atom is 0.377 e. The molecule has 0 N–H and O–H groups in total. The summed E-state index contributed by atoms with van der Waals surface area (Å²) in [5.74, 6) is -1.59. The number of para-hydroxylation sites is 1. The van der Waals surface area contributed by atoms with Gasteiger partial charge in [-0.2, -0.15) is 4.68 Å². The zero-order valence-corrected chi connectivity index (χ0v) is 19.2. The monoisotopic (exact) mass is 479 g/mol. The number of ether oxygens (including phenoxy) is 1. The molecule has 0 bridgehead atoms. The van der Waals surface area contributed by atoms with Crippen LogP contribution in [0.1, 0.15) is 17.5 Å². The lowest BCUT2D eigenvalue weighted by Crippen LogP contribution is -2.42. The van der Waals surface area contributed by atoms with E-state index in [1.54, 1.807) is 12.1 Å². The molecule has 4 rings (SSSR count). The van der Waals surface area contributed by atoms with Gasteiger partial charge in [-0.25, -0.2) is 18.4 Å². The molecule has 0 aliphatic rings. The molecule has 3 aromatic carbocycles. The number of aryl methyl sites for hydroxylation is 2. The van der Waals surface area contributed by atoms with Crippen molar-refractivity contribution in [2.24, 2.45) is 0 Å². The summed E-state index contributed by atoms with van der Waals surface area (Å²) in [4.78, 5) is 27.8. The molecule has 4 aromatic rings. The second-order valence-corrected chi connectivity index (χ2v) is 7.85.